The molecule has 1 aromatic heterocycles. The molecule has 0 fully saturated rings. The summed E-state index contributed by atoms with van der Waals surface area (Å²) in [5.41, 5.74) is 1.60. The molecule has 7 nitrogen and oxygen atoms in total. The summed E-state index contributed by atoms with van der Waals surface area (Å²) < 4.78 is 0. The van der Waals surface area contributed by atoms with Gasteiger partial charge in [0.25, 0.3) is 5.91 Å². The molecule has 0 aliphatic rings. The molecule has 0 atom stereocenters. The van der Waals surface area contributed by atoms with Gasteiger partial charge < -0.3 is 16.0 Å². The van der Waals surface area contributed by atoms with Gasteiger partial charge in [-0.3, -0.25) is 19.4 Å². The second-order valence-electron chi connectivity index (χ2n) is 4.73. The molecular weight excluding hydrogens is 296 g/mol. The normalized spacial score (nSPS) is 9.78. The van der Waals surface area contributed by atoms with Gasteiger partial charge in [0.05, 0.1) is 12.1 Å². The molecule has 0 bridgehead atoms. The zero-order valence-corrected chi connectivity index (χ0v) is 12.5. The second-order valence-corrected chi connectivity index (χ2v) is 4.73. The van der Waals surface area contributed by atoms with Crippen molar-refractivity contribution in [3.05, 3.63) is 54.4 Å². The quantitative estimate of drug-likeness (QED) is 0.777. The number of carbonyl (C=O) groups is 3. The van der Waals surface area contributed by atoms with Crippen LogP contribution < -0.4 is 16.0 Å². The van der Waals surface area contributed by atoms with Crippen LogP contribution in [0, 0.1) is 0 Å². The average molecular weight is 312 g/mol. The Bertz CT molecular complexity index is 699. The van der Waals surface area contributed by atoms with Crippen LogP contribution in [-0.4, -0.2) is 29.3 Å². The number of pyridine rings is 1. The van der Waals surface area contributed by atoms with Gasteiger partial charge in [-0.2, -0.15) is 0 Å². The first-order valence-electron chi connectivity index (χ1n) is 6.90. The minimum atomic E-state index is -0.366. The van der Waals surface area contributed by atoms with E-state index in [0.29, 0.717) is 16.9 Å². The average Bonchev–Trinajstić information content (AvgIpc) is 2.55. The number of hydrogen-bond donors (Lipinski definition) is 3. The molecule has 1 aromatic carbocycles. The van der Waals surface area contributed by atoms with Crippen LogP contribution in [0.25, 0.3) is 0 Å². The highest BCUT2D eigenvalue weighted by atomic mass is 16.2. The first-order chi connectivity index (χ1) is 11.0. The smallest absolute Gasteiger partial charge is 0.253 e. The summed E-state index contributed by atoms with van der Waals surface area (Å²) >= 11 is 0. The Balaban J connectivity index is 1.83. The number of anilines is 2. The number of rotatable bonds is 5. The number of nitrogens with one attached hydrogen (secondary N) is 3. The van der Waals surface area contributed by atoms with Crippen molar-refractivity contribution < 1.29 is 14.4 Å². The van der Waals surface area contributed by atoms with Crippen molar-refractivity contribution in [2.45, 2.75) is 6.92 Å². The summed E-state index contributed by atoms with van der Waals surface area (Å²) in [6.45, 7) is 1.27. The van der Waals surface area contributed by atoms with Gasteiger partial charge in [0.1, 0.15) is 0 Å². The third kappa shape index (κ3) is 5.24. The molecule has 2 rings (SSSR count). The highest BCUT2D eigenvalue weighted by Gasteiger charge is 2.08. The van der Waals surface area contributed by atoms with Crippen molar-refractivity contribution in [2.75, 3.05) is 17.2 Å². The van der Waals surface area contributed by atoms with E-state index in [4.69, 9.17) is 0 Å². The Kier molecular flexibility index (Phi) is 5.40. The van der Waals surface area contributed by atoms with Crippen LogP contribution in [0.3, 0.4) is 0 Å². The standard InChI is InChI=1S/C16H16N4O3/c1-11(21)19-13-4-6-14(7-5-13)20-15(22)10-18-16(23)12-3-2-8-17-9-12/h2-9H,10H2,1H3,(H,18,23)(H,19,21)(H,20,22). The van der Waals surface area contributed by atoms with E-state index in [1.54, 1.807) is 42.6 Å². The second kappa shape index (κ2) is 7.69. The van der Waals surface area contributed by atoms with E-state index in [1.165, 1.54) is 13.1 Å². The van der Waals surface area contributed by atoms with Crippen LogP contribution in [0.1, 0.15) is 17.3 Å². The Hall–Kier alpha value is -3.22. The van der Waals surface area contributed by atoms with E-state index >= 15 is 0 Å². The molecule has 0 unspecified atom stereocenters. The number of amides is 3. The van der Waals surface area contributed by atoms with Crippen molar-refractivity contribution in [1.29, 1.82) is 0 Å². The van der Waals surface area contributed by atoms with Gasteiger partial charge >= 0.3 is 0 Å². The number of aromatic nitrogens is 1. The highest BCUT2D eigenvalue weighted by molar-refractivity contribution is 5.99. The van der Waals surface area contributed by atoms with Gasteiger partial charge in [-0.05, 0) is 36.4 Å². The van der Waals surface area contributed by atoms with Crippen molar-refractivity contribution in [3.8, 4) is 0 Å². The van der Waals surface area contributed by atoms with Crippen LogP contribution >= 0.6 is 0 Å². The van der Waals surface area contributed by atoms with Gasteiger partial charge in [0, 0.05) is 30.7 Å². The van der Waals surface area contributed by atoms with E-state index in [1.807, 2.05) is 0 Å². The van der Waals surface area contributed by atoms with Crippen molar-refractivity contribution in [2.24, 2.45) is 0 Å². The van der Waals surface area contributed by atoms with Gasteiger partial charge in [0.2, 0.25) is 11.8 Å². The molecular formula is C16H16N4O3. The third-order valence-electron chi connectivity index (χ3n) is 2.82. The lowest BCUT2D eigenvalue weighted by molar-refractivity contribution is -0.115. The largest absolute Gasteiger partial charge is 0.343 e. The number of benzene rings is 1. The fraction of sp³-hybridized carbons (Fsp3) is 0.125. The van der Waals surface area contributed by atoms with Gasteiger partial charge in [-0.25, -0.2) is 0 Å². The summed E-state index contributed by atoms with van der Waals surface area (Å²) in [5, 5.41) is 7.78. The highest BCUT2D eigenvalue weighted by Crippen LogP contribution is 2.13. The molecule has 118 valence electrons. The van der Waals surface area contributed by atoms with Gasteiger partial charge in [0.15, 0.2) is 0 Å². The summed E-state index contributed by atoms with van der Waals surface area (Å²) in [4.78, 5) is 38.3. The van der Waals surface area contributed by atoms with E-state index < -0.39 is 0 Å². The summed E-state index contributed by atoms with van der Waals surface area (Å²) in [6.07, 6.45) is 2.99. The van der Waals surface area contributed by atoms with Gasteiger partial charge in [-0.1, -0.05) is 0 Å². The minimum Gasteiger partial charge on any atom is -0.343 e. The summed E-state index contributed by atoms with van der Waals surface area (Å²) in [6, 6.07) is 9.92. The van der Waals surface area contributed by atoms with Crippen molar-refractivity contribution >= 4 is 29.1 Å². The molecule has 0 aliphatic carbocycles. The maximum absolute atomic E-state index is 11.8. The fourth-order valence-electron chi connectivity index (χ4n) is 1.81. The zero-order valence-electron chi connectivity index (χ0n) is 12.5. The number of nitrogens with zero attached hydrogens (tertiary/aromatic N) is 1. The minimum absolute atomic E-state index is 0.152. The van der Waals surface area contributed by atoms with E-state index in [0.717, 1.165) is 0 Å². The molecule has 0 saturated heterocycles. The molecule has 3 N–H and O–H groups in total. The predicted molar refractivity (Wildman–Crippen MR) is 85.9 cm³/mol. The Morgan fingerprint density at radius 1 is 1.00 bits per heavy atom. The lowest BCUT2D eigenvalue weighted by Crippen LogP contribution is -2.32. The van der Waals surface area contributed by atoms with E-state index in [-0.39, 0.29) is 24.3 Å². The molecule has 1 heterocycles. The molecule has 0 aliphatic heterocycles. The Morgan fingerprint density at radius 3 is 2.22 bits per heavy atom. The van der Waals surface area contributed by atoms with Gasteiger partial charge in [-0.15, -0.1) is 0 Å². The summed E-state index contributed by atoms with van der Waals surface area (Å²) in [7, 11) is 0. The molecule has 0 spiro atoms. The molecule has 23 heavy (non-hydrogen) atoms. The van der Waals surface area contributed by atoms with Crippen LogP contribution in [0.15, 0.2) is 48.8 Å². The lowest BCUT2D eigenvalue weighted by Gasteiger charge is -2.08. The van der Waals surface area contributed by atoms with E-state index in [2.05, 4.69) is 20.9 Å². The van der Waals surface area contributed by atoms with E-state index in [9.17, 15) is 14.4 Å². The fourth-order valence-corrected chi connectivity index (χ4v) is 1.81. The van der Waals surface area contributed by atoms with Crippen LogP contribution in [0.4, 0.5) is 11.4 Å². The SMILES string of the molecule is CC(=O)Nc1ccc(NC(=O)CNC(=O)c2cccnc2)cc1. The zero-order chi connectivity index (χ0) is 16.7. The maximum Gasteiger partial charge on any atom is 0.253 e. The van der Waals surface area contributed by atoms with Crippen molar-refractivity contribution in [3.63, 3.8) is 0 Å². The first-order valence-corrected chi connectivity index (χ1v) is 6.90. The molecule has 3 amide bonds. The number of carbonyl (C=O) groups excluding carboxylic acids is 3. The Morgan fingerprint density at radius 2 is 1.65 bits per heavy atom. The molecule has 2 aromatic rings. The molecule has 7 heteroatoms. The topological polar surface area (TPSA) is 100 Å². The van der Waals surface area contributed by atoms with Crippen LogP contribution in [0.5, 0.6) is 0 Å². The maximum atomic E-state index is 11.8. The van der Waals surface area contributed by atoms with Crippen molar-refractivity contribution in [1.82, 2.24) is 10.3 Å². The van der Waals surface area contributed by atoms with Crippen LogP contribution in [-0.2, 0) is 9.59 Å². The third-order valence-corrected chi connectivity index (χ3v) is 2.82. The molecule has 0 saturated carbocycles. The first kappa shape index (κ1) is 16.2. The summed E-state index contributed by atoms with van der Waals surface area (Å²) in [5.74, 6) is -0.885. The monoisotopic (exact) mass is 312 g/mol. The lowest BCUT2D eigenvalue weighted by atomic mass is 10.2. The van der Waals surface area contributed by atoms with Crippen LogP contribution in [0.2, 0.25) is 0 Å². The number of hydrogen-bond acceptors (Lipinski definition) is 4. The molecule has 0 radical (unpaired) electrons. The Labute approximate surface area is 133 Å². The predicted octanol–water partition coefficient (Wildman–Crippen LogP) is 1.41.